The molecular formula is C19H25N3O. The van der Waals surface area contributed by atoms with Gasteiger partial charge in [0.1, 0.15) is 5.75 Å². The molecule has 0 aliphatic rings. The number of allylic oxidation sites excluding steroid dienone is 2. The molecule has 1 aromatic heterocycles. The highest BCUT2D eigenvalue weighted by molar-refractivity contribution is 5.54. The van der Waals surface area contributed by atoms with Gasteiger partial charge in [-0.05, 0) is 32.9 Å². The fourth-order valence-corrected chi connectivity index (χ4v) is 2.59. The molecule has 0 aliphatic carbocycles. The van der Waals surface area contributed by atoms with Crippen molar-refractivity contribution in [2.75, 3.05) is 12.4 Å². The van der Waals surface area contributed by atoms with Crippen LogP contribution in [0.5, 0.6) is 5.75 Å². The van der Waals surface area contributed by atoms with E-state index in [1.807, 2.05) is 37.3 Å². The van der Waals surface area contributed by atoms with Gasteiger partial charge in [0.15, 0.2) is 0 Å². The zero-order valence-electron chi connectivity index (χ0n) is 14.3. The van der Waals surface area contributed by atoms with Crippen LogP contribution in [-0.4, -0.2) is 16.7 Å². The molecule has 122 valence electrons. The van der Waals surface area contributed by atoms with Crippen LogP contribution in [0.3, 0.4) is 0 Å². The number of imidazole rings is 1. The number of aromatic nitrogens is 2. The van der Waals surface area contributed by atoms with Gasteiger partial charge in [0.25, 0.3) is 0 Å². The van der Waals surface area contributed by atoms with E-state index in [4.69, 9.17) is 4.74 Å². The molecule has 1 N–H and O–H groups in total. The van der Waals surface area contributed by atoms with Crippen molar-refractivity contribution < 1.29 is 4.74 Å². The second-order valence-corrected chi connectivity index (χ2v) is 5.63. The molecule has 0 atom stereocenters. The summed E-state index contributed by atoms with van der Waals surface area (Å²) in [6, 6.07) is 8.31. The van der Waals surface area contributed by atoms with E-state index in [1.165, 1.54) is 0 Å². The van der Waals surface area contributed by atoms with Gasteiger partial charge >= 0.3 is 0 Å². The summed E-state index contributed by atoms with van der Waals surface area (Å²) < 4.78 is 7.60. The molecule has 0 spiro atoms. The summed E-state index contributed by atoms with van der Waals surface area (Å²) in [7, 11) is 1.69. The van der Waals surface area contributed by atoms with Gasteiger partial charge < -0.3 is 14.6 Å². The molecule has 0 fully saturated rings. The summed E-state index contributed by atoms with van der Waals surface area (Å²) in [4.78, 5) is 4.68. The second-order valence-electron chi connectivity index (χ2n) is 5.63. The SMILES string of the molecule is C=C/C=C\c1c(C)nc(NCc2ccccc2OC)n1C(C)C. The van der Waals surface area contributed by atoms with Gasteiger partial charge in [0.05, 0.1) is 18.5 Å². The molecule has 2 rings (SSSR count). The molecule has 2 aromatic rings. The minimum atomic E-state index is 0.306. The maximum atomic E-state index is 5.40. The number of para-hydroxylation sites is 1. The average molecular weight is 311 g/mol. The first kappa shape index (κ1) is 16.9. The van der Waals surface area contributed by atoms with E-state index in [2.05, 4.69) is 41.4 Å². The molecule has 23 heavy (non-hydrogen) atoms. The van der Waals surface area contributed by atoms with E-state index < -0.39 is 0 Å². The van der Waals surface area contributed by atoms with Gasteiger partial charge in [-0.1, -0.05) is 36.9 Å². The first-order chi connectivity index (χ1) is 11.1. The predicted octanol–water partition coefficient (Wildman–Crippen LogP) is 4.59. The van der Waals surface area contributed by atoms with E-state index >= 15 is 0 Å². The van der Waals surface area contributed by atoms with E-state index in [9.17, 15) is 0 Å². The summed E-state index contributed by atoms with van der Waals surface area (Å²) in [6.45, 7) is 10.7. The van der Waals surface area contributed by atoms with Crippen molar-refractivity contribution in [3.63, 3.8) is 0 Å². The maximum absolute atomic E-state index is 5.40. The fourth-order valence-electron chi connectivity index (χ4n) is 2.59. The van der Waals surface area contributed by atoms with E-state index in [-0.39, 0.29) is 0 Å². The Hall–Kier alpha value is -2.49. The third-order valence-electron chi connectivity index (χ3n) is 3.67. The third kappa shape index (κ3) is 3.83. The number of anilines is 1. The lowest BCUT2D eigenvalue weighted by Crippen LogP contribution is -2.11. The van der Waals surface area contributed by atoms with Crippen LogP contribution in [0.15, 0.2) is 43.0 Å². The highest BCUT2D eigenvalue weighted by Gasteiger charge is 2.15. The van der Waals surface area contributed by atoms with Crippen molar-refractivity contribution in [3.05, 3.63) is 59.9 Å². The molecular weight excluding hydrogens is 286 g/mol. The van der Waals surface area contributed by atoms with Crippen molar-refractivity contribution in [2.24, 2.45) is 0 Å². The fraction of sp³-hybridized carbons (Fsp3) is 0.316. The normalized spacial score (nSPS) is 11.2. The Labute approximate surface area is 138 Å². The summed E-state index contributed by atoms with van der Waals surface area (Å²) in [6.07, 6.45) is 5.76. The number of methoxy groups -OCH3 is 1. The number of benzene rings is 1. The van der Waals surface area contributed by atoms with Crippen molar-refractivity contribution in [3.8, 4) is 5.75 Å². The van der Waals surface area contributed by atoms with Crippen molar-refractivity contribution >= 4 is 12.0 Å². The number of nitrogens with zero attached hydrogens (tertiary/aromatic N) is 2. The number of hydrogen-bond acceptors (Lipinski definition) is 3. The number of rotatable bonds is 7. The molecule has 1 heterocycles. The van der Waals surface area contributed by atoms with Crippen LogP contribution >= 0.6 is 0 Å². The zero-order chi connectivity index (χ0) is 16.8. The van der Waals surface area contributed by atoms with Crippen molar-refractivity contribution in [1.29, 1.82) is 0 Å². The Kier molecular flexibility index (Phi) is 5.63. The highest BCUT2D eigenvalue weighted by Crippen LogP contribution is 2.24. The Morgan fingerprint density at radius 1 is 1.35 bits per heavy atom. The first-order valence-corrected chi connectivity index (χ1v) is 7.82. The van der Waals surface area contributed by atoms with Crippen molar-refractivity contribution in [2.45, 2.75) is 33.4 Å². The van der Waals surface area contributed by atoms with Crippen LogP contribution in [0.1, 0.15) is 36.8 Å². The molecule has 0 saturated carbocycles. The molecule has 1 aromatic carbocycles. The lowest BCUT2D eigenvalue weighted by molar-refractivity contribution is 0.410. The Morgan fingerprint density at radius 2 is 2.09 bits per heavy atom. The smallest absolute Gasteiger partial charge is 0.204 e. The quantitative estimate of drug-likeness (QED) is 0.760. The molecule has 0 aliphatic heterocycles. The average Bonchev–Trinajstić information content (AvgIpc) is 2.87. The largest absolute Gasteiger partial charge is 0.496 e. The summed E-state index contributed by atoms with van der Waals surface area (Å²) in [5.74, 6) is 1.75. The first-order valence-electron chi connectivity index (χ1n) is 7.82. The molecule has 0 saturated heterocycles. The standard InChI is InChI=1S/C19H25N3O/c1-6-7-11-17-15(4)21-19(22(17)14(2)3)20-13-16-10-8-9-12-18(16)23-5/h6-12,14H,1,13H2,2-5H3,(H,20,21)/b11-7-. The highest BCUT2D eigenvalue weighted by atomic mass is 16.5. The Balaban J connectivity index is 2.29. The van der Waals surface area contributed by atoms with Crippen LogP contribution < -0.4 is 10.1 Å². The molecule has 0 radical (unpaired) electrons. The summed E-state index contributed by atoms with van der Waals surface area (Å²) in [5.41, 5.74) is 3.20. The Morgan fingerprint density at radius 3 is 2.74 bits per heavy atom. The third-order valence-corrected chi connectivity index (χ3v) is 3.67. The van der Waals surface area contributed by atoms with Crippen LogP contribution in [0.2, 0.25) is 0 Å². The van der Waals surface area contributed by atoms with E-state index in [0.29, 0.717) is 12.6 Å². The van der Waals surface area contributed by atoms with Crippen LogP contribution in [0, 0.1) is 6.92 Å². The minimum Gasteiger partial charge on any atom is -0.496 e. The van der Waals surface area contributed by atoms with Gasteiger partial charge in [-0.2, -0.15) is 0 Å². The molecule has 0 bridgehead atoms. The number of ether oxygens (including phenoxy) is 1. The van der Waals surface area contributed by atoms with Crippen LogP contribution in [0.25, 0.3) is 6.08 Å². The molecule has 4 heteroatoms. The van der Waals surface area contributed by atoms with Crippen LogP contribution in [-0.2, 0) is 6.54 Å². The van der Waals surface area contributed by atoms with E-state index in [0.717, 1.165) is 28.6 Å². The minimum absolute atomic E-state index is 0.306. The number of hydrogen-bond donors (Lipinski definition) is 1. The van der Waals surface area contributed by atoms with Crippen molar-refractivity contribution in [1.82, 2.24) is 9.55 Å². The second kappa shape index (κ2) is 7.68. The van der Waals surface area contributed by atoms with Gasteiger partial charge in [-0.3, -0.25) is 0 Å². The maximum Gasteiger partial charge on any atom is 0.204 e. The number of nitrogens with one attached hydrogen (secondary N) is 1. The van der Waals surface area contributed by atoms with Gasteiger partial charge in [-0.15, -0.1) is 0 Å². The van der Waals surface area contributed by atoms with Crippen LogP contribution in [0.4, 0.5) is 5.95 Å². The summed E-state index contributed by atoms with van der Waals surface area (Å²) >= 11 is 0. The Bertz CT molecular complexity index is 699. The molecule has 0 unspecified atom stereocenters. The van der Waals surface area contributed by atoms with E-state index in [1.54, 1.807) is 13.2 Å². The zero-order valence-corrected chi connectivity index (χ0v) is 14.3. The van der Waals surface area contributed by atoms with Gasteiger partial charge in [-0.25, -0.2) is 4.98 Å². The summed E-state index contributed by atoms with van der Waals surface area (Å²) in [5, 5.41) is 3.44. The van der Waals surface area contributed by atoms with Gasteiger partial charge in [0.2, 0.25) is 5.95 Å². The van der Waals surface area contributed by atoms with Gasteiger partial charge in [0, 0.05) is 18.2 Å². The topological polar surface area (TPSA) is 39.1 Å². The monoisotopic (exact) mass is 311 g/mol. The lowest BCUT2D eigenvalue weighted by Gasteiger charge is -2.16. The number of aryl methyl sites for hydroxylation is 1. The molecule has 4 nitrogen and oxygen atoms in total. The lowest BCUT2D eigenvalue weighted by atomic mass is 10.2. The predicted molar refractivity (Wildman–Crippen MR) is 96.9 cm³/mol. The molecule has 0 amide bonds.